The number of piperidine rings is 1. The minimum absolute atomic E-state index is 0.00936. The highest BCUT2D eigenvalue weighted by Crippen LogP contribution is 2.35. The van der Waals surface area contributed by atoms with Gasteiger partial charge in [0.05, 0.1) is 40.4 Å². The summed E-state index contributed by atoms with van der Waals surface area (Å²) in [5.74, 6) is 0.668. The molecule has 20 heteroatoms. The van der Waals surface area contributed by atoms with Crippen molar-refractivity contribution in [2.45, 2.75) is 116 Å². The average Bonchev–Trinajstić information content (AvgIpc) is 4.31. The molecule has 2 saturated heterocycles. The van der Waals surface area contributed by atoms with Crippen LogP contribution in [0, 0.1) is 12.3 Å². The zero-order valence-electron chi connectivity index (χ0n) is 45.9. The highest BCUT2D eigenvalue weighted by Gasteiger charge is 2.44. The van der Waals surface area contributed by atoms with Gasteiger partial charge in [-0.3, -0.25) is 29.3 Å². The van der Waals surface area contributed by atoms with Crippen LogP contribution in [0.1, 0.15) is 112 Å². The molecule has 4 atom stereocenters. The van der Waals surface area contributed by atoms with Gasteiger partial charge in [-0.25, -0.2) is 9.97 Å². The highest BCUT2D eigenvalue weighted by atomic mass is 32.1. The second-order valence-electron chi connectivity index (χ2n) is 21.4. The molecule has 0 bridgehead atoms. The first-order valence-electron chi connectivity index (χ1n) is 27.3. The molecular weight excluding hydrogens is 1020 g/mol. The van der Waals surface area contributed by atoms with Crippen molar-refractivity contribution in [2.75, 3.05) is 58.0 Å². The Hall–Kier alpha value is -7.10. The number of hydrogen-bond acceptors (Lipinski definition) is 15. The molecule has 7 N–H and O–H groups in total. The molecule has 19 nitrogen and oxygen atoms in total. The third-order valence-corrected chi connectivity index (χ3v) is 15.2. The van der Waals surface area contributed by atoms with E-state index in [-0.39, 0.29) is 44.0 Å². The number of unbranched alkanes of at least 4 members (excludes halogenated alkanes) is 2. The quantitative estimate of drug-likeness (QED) is 0.0264. The zero-order chi connectivity index (χ0) is 55.8. The zero-order valence-corrected chi connectivity index (χ0v) is 46.7. The summed E-state index contributed by atoms with van der Waals surface area (Å²) in [6.45, 7) is 13.0. The van der Waals surface area contributed by atoms with E-state index in [1.807, 2.05) is 125 Å². The molecule has 4 amide bonds. The monoisotopic (exact) mass is 1100 g/mol. The van der Waals surface area contributed by atoms with Crippen molar-refractivity contribution in [1.82, 2.24) is 51.3 Å². The van der Waals surface area contributed by atoms with Crippen LogP contribution in [0.15, 0.2) is 103 Å². The molecule has 8 rings (SSSR count). The molecule has 420 valence electrons. The number of pyridine rings is 1. The first-order valence-corrected chi connectivity index (χ1v) is 28.2. The van der Waals surface area contributed by atoms with E-state index in [9.17, 15) is 24.3 Å². The van der Waals surface area contributed by atoms with Crippen molar-refractivity contribution in [3.05, 3.63) is 131 Å². The van der Waals surface area contributed by atoms with Gasteiger partial charge < -0.3 is 50.8 Å². The second kappa shape index (κ2) is 27.7. The molecule has 2 aliphatic heterocycles. The number of nitrogens with one attached hydrogen (secondary N) is 6. The molecular formula is C59H75N11O8S. The van der Waals surface area contributed by atoms with E-state index >= 15 is 0 Å². The van der Waals surface area contributed by atoms with E-state index in [1.165, 1.54) is 4.90 Å². The molecule has 0 spiro atoms. The predicted molar refractivity (Wildman–Crippen MR) is 303 cm³/mol. The largest absolute Gasteiger partial charge is 0.494 e. The smallest absolute Gasteiger partial charge is 0.251 e. The number of thiazole rings is 1. The normalized spacial score (nSPS) is 16.9. The third kappa shape index (κ3) is 16.0. The number of H-pyrrole nitrogens is 1. The first-order chi connectivity index (χ1) is 38.2. The van der Waals surface area contributed by atoms with Crippen molar-refractivity contribution in [3.8, 4) is 27.6 Å². The number of anilines is 1. The number of aliphatic hydroxyl groups is 1. The number of β-amino-alcohol motifs (C(OH)–C–C–N with tert-alkyl or cyclic N) is 1. The Morgan fingerprint density at radius 3 is 2.38 bits per heavy atom. The maximum absolute atomic E-state index is 14.0. The Morgan fingerprint density at radius 1 is 0.873 bits per heavy atom. The van der Waals surface area contributed by atoms with Crippen LogP contribution in [0.3, 0.4) is 0 Å². The summed E-state index contributed by atoms with van der Waals surface area (Å²) in [5, 5.41) is 34.4. The predicted octanol–water partition coefficient (Wildman–Crippen LogP) is 7.26. The lowest BCUT2D eigenvalue weighted by molar-refractivity contribution is -0.144. The fourth-order valence-corrected chi connectivity index (χ4v) is 10.6. The van der Waals surface area contributed by atoms with Crippen molar-refractivity contribution in [1.29, 1.82) is 0 Å². The number of rotatable bonds is 26. The van der Waals surface area contributed by atoms with Crippen molar-refractivity contribution >= 4 is 40.7 Å². The molecule has 0 saturated carbocycles. The van der Waals surface area contributed by atoms with Crippen molar-refractivity contribution < 1.29 is 38.5 Å². The number of aromatic nitrogens is 5. The van der Waals surface area contributed by atoms with E-state index in [2.05, 4.69) is 46.7 Å². The minimum Gasteiger partial charge on any atom is -0.494 e. The Kier molecular flexibility index (Phi) is 20.3. The van der Waals surface area contributed by atoms with Crippen LogP contribution in [0.25, 0.3) is 21.8 Å². The van der Waals surface area contributed by atoms with E-state index in [0.29, 0.717) is 44.2 Å². The first kappa shape index (κ1) is 58.1. The second-order valence-corrected chi connectivity index (χ2v) is 22.3. The lowest BCUT2D eigenvalue weighted by atomic mass is 9.85. The number of benzene rings is 3. The number of carbonyl (C=O) groups excluding carboxylic acids is 4. The molecule has 2 fully saturated rings. The summed E-state index contributed by atoms with van der Waals surface area (Å²) in [5.41, 5.74) is 6.71. The molecule has 3 aromatic carbocycles. The Morgan fingerprint density at radius 2 is 1.62 bits per heavy atom. The van der Waals surface area contributed by atoms with Crippen LogP contribution in [0.5, 0.6) is 5.75 Å². The van der Waals surface area contributed by atoms with Crippen molar-refractivity contribution in [2.24, 2.45) is 5.41 Å². The summed E-state index contributed by atoms with van der Waals surface area (Å²) in [4.78, 5) is 70.0. The number of ether oxygens (including phenoxy) is 3. The lowest BCUT2D eigenvalue weighted by Gasteiger charge is -2.37. The van der Waals surface area contributed by atoms with Gasteiger partial charge in [-0.1, -0.05) is 63.2 Å². The van der Waals surface area contributed by atoms with Crippen LogP contribution in [0.4, 0.5) is 5.69 Å². The van der Waals surface area contributed by atoms with E-state index < -0.39 is 41.0 Å². The van der Waals surface area contributed by atoms with Crippen LogP contribution in [-0.2, 0) is 35.9 Å². The standard InChI is InChI=1S/C59H75N11O8S/c1-39(64-54(73)45-13-9-14-46(32-45)67-59(22-26-61-27-23-59)57-66-53(68-69-57)43-20-24-60-25-21-43)44-12-10-15-48(33-44)78-31-8-6-7-28-76-29-11-30-77-37-50(72)65-52(58(3,4)5)56(75)70-36-47(71)34-49(70)55(74)62-35-41-16-18-42(19-17-41)51-40(2)63-38-79-51/h9-10,12-21,24-25,32-33,38-39,47,49,52,61,67,71H,6-8,11,22-23,26-31,34-37H2,1-5H3,(H,62,74)(H,64,73)(H,65,72)(H,66,68,69)/t39-,47+,49-,52?/m0/s1. The van der Waals surface area contributed by atoms with Gasteiger partial charge >= 0.3 is 0 Å². The van der Waals surface area contributed by atoms with Crippen LogP contribution < -0.4 is 31.3 Å². The van der Waals surface area contributed by atoms with Gasteiger partial charge in [0.15, 0.2) is 11.6 Å². The Balaban J connectivity index is 0.689. The van der Waals surface area contributed by atoms with Crippen LogP contribution in [-0.4, -0.2) is 130 Å². The lowest BCUT2D eigenvalue weighted by Crippen LogP contribution is -2.58. The van der Waals surface area contributed by atoms with Gasteiger partial charge in [-0.15, -0.1) is 11.3 Å². The molecule has 0 aliphatic carbocycles. The maximum atomic E-state index is 14.0. The number of hydrogen-bond donors (Lipinski definition) is 7. The highest BCUT2D eigenvalue weighted by molar-refractivity contribution is 7.13. The molecule has 79 heavy (non-hydrogen) atoms. The fourth-order valence-electron chi connectivity index (χ4n) is 9.82. The van der Waals surface area contributed by atoms with E-state index in [4.69, 9.17) is 19.2 Å². The number of likely N-dealkylation sites (tertiary alicyclic amines) is 1. The number of aromatic amines is 1. The van der Waals surface area contributed by atoms with E-state index in [0.717, 1.165) is 95.3 Å². The molecule has 1 unspecified atom stereocenters. The molecule has 6 aromatic rings. The SMILES string of the molecule is Cc1ncsc1-c1ccc(CNC(=O)[C@@H]2C[C@@H](O)CN2C(=O)C(NC(=O)COCCCOCCCCCOc2cccc([C@H](C)NC(=O)c3cccc(NC4(c5nc(-c6ccncc6)n[nH]5)CCNCC4)c3)c2)C(C)(C)C)cc1. The van der Waals surface area contributed by atoms with Crippen LogP contribution >= 0.6 is 11.3 Å². The molecule has 0 radical (unpaired) electrons. The Bertz CT molecular complexity index is 2940. The minimum atomic E-state index is -0.951. The molecule has 2 aliphatic rings. The summed E-state index contributed by atoms with van der Waals surface area (Å²) < 4.78 is 17.6. The average molecular weight is 1100 g/mol. The Labute approximate surface area is 466 Å². The van der Waals surface area contributed by atoms with Crippen molar-refractivity contribution in [3.63, 3.8) is 0 Å². The number of aliphatic hydroxyl groups excluding tert-OH is 1. The maximum Gasteiger partial charge on any atom is 0.251 e. The number of nitrogens with zero attached hydrogens (tertiary/aromatic N) is 5. The topological polar surface area (TPSA) is 247 Å². The summed E-state index contributed by atoms with van der Waals surface area (Å²) in [6, 6.07) is 24.9. The van der Waals surface area contributed by atoms with E-state index in [1.54, 1.807) is 23.7 Å². The number of carbonyl (C=O) groups is 4. The van der Waals surface area contributed by atoms with Gasteiger partial charge in [0.1, 0.15) is 24.4 Å². The molecule has 3 aromatic heterocycles. The summed E-state index contributed by atoms with van der Waals surface area (Å²) >= 11 is 1.57. The van der Waals surface area contributed by atoms with Gasteiger partial charge in [0, 0.05) is 68.5 Å². The summed E-state index contributed by atoms with van der Waals surface area (Å²) in [6.07, 6.45) is 7.45. The number of amides is 4. The summed E-state index contributed by atoms with van der Waals surface area (Å²) in [7, 11) is 0. The van der Waals surface area contributed by atoms with Crippen LogP contribution in [0.2, 0.25) is 0 Å². The van der Waals surface area contributed by atoms with Gasteiger partial charge in [-0.05, 0) is 130 Å². The van der Waals surface area contributed by atoms with Gasteiger partial charge in [-0.2, -0.15) is 5.10 Å². The molecule has 5 heterocycles. The fraction of sp³-hybridized carbons (Fsp3) is 0.458. The third-order valence-electron chi connectivity index (χ3n) is 14.3. The van der Waals surface area contributed by atoms with Gasteiger partial charge in [0.25, 0.3) is 5.91 Å². The number of aryl methyl sites for hydroxylation is 1. The van der Waals surface area contributed by atoms with Gasteiger partial charge in [0.2, 0.25) is 17.7 Å².